The molecule has 0 fully saturated rings. The molecule has 110 valence electrons. The van der Waals surface area contributed by atoms with E-state index < -0.39 is 0 Å². The van der Waals surface area contributed by atoms with Gasteiger partial charge in [-0.2, -0.15) is 0 Å². The molecule has 1 unspecified atom stereocenters. The summed E-state index contributed by atoms with van der Waals surface area (Å²) in [6.45, 7) is 12.8. The number of methoxy groups -OCH3 is 1. The average molecular weight is 258 g/mol. The number of ether oxygens (including phenoxy) is 1. The molecule has 18 heavy (non-hydrogen) atoms. The summed E-state index contributed by atoms with van der Waals surface area (Å²) in [4.78, 5) is 2.57. The predicted molar refractivity (Wildman–Crippen MR) is 79.8 cm³/mol. The van der Waals surface area contributed by atoms with Crippen molar-refractivity contribution >= 4 is 0 Å². The first-order chi connectivity index (χ1) is 8.58. The Hall–Kier alpha value is -0.120. The molecule has 0 aliphatic rings. The highest BCUT2D eigenvalue weighted by atomic mass is 16.5. The van der Waals surface area contributed by atoms with Crippen molar-refractivity contribution in [3.63, 3.8) is 0 Å². The Morgan fingerprint density at radius 1 is 1.17 bits per heavy atom. The highest BCUT2D eigenvalue weighted by Gasteiger charge is 2.19. The molecule has 2 N–H and O–H groups in total. The zero-order valence-electron chi connectivity index (χ0n) is 13.1. The second kappa shape index (κ2) is 10.8. The van der Waals surface area contributed by atoms with E-state index in [-0.39, 0.29) is 0 Å². The van der Waals surface area contributed by atoms with Crippen molar-refractivity contribution in [2.75, 3.05) is 33.4 Å². The molecular formula is C15H34N2O. The van der Waals surface area contributed by atoms with Crippen LogP contribution in [0.15, 0.2) is 0 Å². The van der Waals surface area contributed by atoms with Gasteiger partial charge in [0.1, 0.15) is 0 Å². The van der Waals surface area contributed by atoms with Gasteiger partial charge in [-0.25, -0.2) is 0 Å². The topological polar surface area (TPSA) is 38.5 Å². The fraction of sp³-hybridized carbons (Fsp3) is 1.00. The Morgan fingerprint density at radius 2 is 1.78 bits per heavy atom. The minimum Gasteiger partial charge on any atom is -0.383 e. The molecule has 0 amide bonds. The summed E-state index contributed by atoms with van der Waals surface area (Å²) in [5.74, 6) is 1.34. The van der Waals surface area contributed by atoms with E-state index in [0.29, 0.717) is 12.0 Å². The van der Waals surface area contributed by atoms with Gasteiger partial charge in [0.15, 0.2) is 0 Å². The highest BCUT2D eigenvalue weighted by molar-refractivity contribution is 4.74. The lowest BCUT2D eigenvalue weighted by molar-refractivity contribution is 0.0987. The van der Waals surface area contributed by atoms with Gasteiger partial charge < -0.3 is 10.5 Å². The van der Waals surface area contributed by atoms with Crippen LogP contribution in [0.1, 0.15) is 47.0 Å². The van der Waals surface area contributed by atoms with E-state index in [2.05, 4.69) is 32.6 Å². The van der Waals surface area contributed by atoms with E-state index in [9.17, 15) is 0 Å². The maximum absolute atomic E-state index is 5.92. The van der Waals surface area contributed by atoms with E-state index in [0.717, 1.165) is 32.2 Å². The lowest BCUT2D eigenvalue weighted by Crippen LogP contribution is -2.42. The molecular weight excluding hydrogens is 224 g/mol. The molecule has 0 heterocycles. The maximum atomic E-state index is 5.92. The fourth-order valence-corrected chi connectivity index (χ4v) is 2.68. The standard InChI is InChI=1S/C15H34N2O/c1-6-15(7-2)17(8-9-18-5)12-14(11-16)10-13(3)4/h13-15H,6-12,16H2,1-5H3. The van der Waals surface area contributed by atoms with Gasteiger partial charge in [-0.1, -0.05) is 27.7 Å². The van der Waals surface area contributed by atoms with Gasteiger partial charge in [-0.3, -0.25) is 4.90 Å². The Labute approximate surface area is 114 Å². The third-order valence-corrected chi connectivity index (χ3v) is 3.67. The Bertz CT molecular complexity index is 181. The second-order valence-electron chi connectivity index (χ2n) is 5.69. The molecule has 3 nitrogen and oxygen atoms in total. The van der Waals surface area contributed by atoms with Gasteiger partial charge in [0.25, 0.3) is 0 Å². The van der Waals surface area contributed by atoms with E-state index in [1.54, 1.807) is 7.11 Å². The molecule has 3 heteroatoms. The predicted octanol–water partition coefficient (Wildman–Crippen LogP) is 2.74. The van der Waals surface area contributed by atoms with Crippen LogP contribution >= 0.6 is 0 Å². The summed E-state index contributed by atoms with van der Waals surface area (Å²) >= 11 is 0. The van der Waals surface area contributed by atoms with E-state index in [1.165, 1.54) is 19.3 Å². The third-order valence-electron chi connectivity index (χ3n) is 3.67. The van der Waals surface area contributed by atoms with E-state index >= 15 is 0 Å². The lowest BCUT2D eigenvalue weighted by atomic mass is 9.95. The van der Waals surface area contributed by atoms with Crippen molar-refractivity contribution in [2.24, 2.45) is 17.6 Å². The first-order valence-corrected chi connectivity index (χ1v) is 7.51. The summed E-state index contributed by atoms with van der Waals surface area (Å²) in [6, 6.07) is 0.668. The molecule has 0 aliphatic carbocycles. The first-order valence-electron chi connectivity index (χ1n) is 7.51. The number of hydrogen-bond donors (Lipinski definition) is 1. The van der Waals surface area contributed by atoms with Crippen LogP contribution in [0.2, 0.25) is 0 Å². The second-order valence-corrected chi connectivity index (χ2v) is 5.69. The third kappa shape index (κ3) is 7.34. The van der Waals surface area contributed by atoms with Crippen molar-refractivity contribution in [3.05, 3.63) is 0 Å². The minimum absolute atomic E-state index is 0.613. The number of hydrogen-bond acceptors (Lipinski definition) is 3. The van der Waals surface area contributed by atoms with Crippen molar-refractivity contribution in [2.45, 2.75) is 53.0 Å². The Kier molecular flexibility index (Phi) is 10.7. The van der Waals surface area contributed by atoms with Crippen molar-refractivity contribution in [1.82, 2.24) is 4.90 Å². The highest BCUT2D eigenvalue weighted by Crippen LogP contribution is 2.16. The van der Waals surface area contributed by atoms with E-state index in [4.69, 9.17) is 10.5 Å². The van der Waals surface area contributed by atoms with Crippen molar-refractivity contribution in [3.8, 4) is 0 Å². The quantitative estimate of drug-likeness (QED) is 0.619. The molecule has 1 atom stereocenters. The smallest absolute Gasteiger partial charge is 0.0589 e. The molecule has 0 rings (SSSR count). The van der Waals surface area contributed by atoms with E-state index in [1.807, 2.05) is 0 Å². The molecule has 0 aromatic heterocycles. The summed E-state index contributed by atoms with van der Waals surface area (Å²) in [5, 5.41) is 0. The van der Waals surface area contributed by atoms with Crippen LogP contribution in [0.25, 0.3) is 0 Å². The first kappa shape index (κ1) is 17.9. The molecule has 0 aliphatic heterocycles. The Morgan fingerprint density at radius 3 is 2.17 bits per heavy atom. The van der Waals surface area contributed by atoms with Crippen LogP contribution < -0.4 is 5.73 Å². The normalized spacial score (nSPS) is 13.8. The molecule has 0 saturated carbocycles. The van der Waals surface area contributed by atoms with Gasteiger partial charge in [-0.15, -0.1) is 0 Å². The van der Waals surface area contributed by atoms with Crippen LogP contribution in [0.3, 0.4) is 0 Å². The molecule has 0 spiro atoms. The van der Waals surface area contributed by atoms with Gasteiger partial charge >= 0.3 is 0 Å². The van der Waals surface area contributed by atoms with Crippen LogP contribution in [-0.4, -0.2) is 44.3 Å². The van der Waals surface area contributed by atoms with Crippen LogP contribution in [0.5, 0.6) is 0 Å². The van der Waals surface area contributed by atoms with Crippen LogP contribution in [-0.2, 0) is 4.74 Å². The summed E-state index contributed by atoms with van der Waals surface area (Å²) in [7, 11) is 1.78. The van der Waals surface area contributed by atoms with Gasteiger partial charge in [-0.05, 0) is 37.6 Å². The van der Waals surface area contributed by atoms with Gasteiger partial charge in [0, 0.05) is 26.2 Å². The van der Waals surface area contributed by atoms with Crippen LogP contribution in [0, 0.1) is 11.8 Å². The maximum Gasteiger partial charge on any atom is 0.0589 e. The molecule has 0 aromatic rings. The SMILES string of the molecule is CCC(CC)N(CCOC)CC(CN)CC(C)C. The lowest BCUT2D eigenvalue weighted by Gasteiger charge is -2.33. The number of rotatable bonds is 11. The average Bonchev–Trinajstić information content (AvgIpc) is 2.35. The summed E-state index contributed by atoms with van der Waals surface area (Å²) in [5.41, 5.74) is 5.92. The molecule has 0 radical (unpaired) electrons. The summed E-state index contributed by atoms with van der Waals surface area (Å²) < 4.78 is 5.23. The monoisotopic (exact) mass is 258 g/mol. The number of nitrogens with two attached hydrogens (primary N) is 1. The molecule has 0 bridgehead atoms. The Balaban J connectivity index is 4.42. The molecule has 0 aromatic carbocycles. The fourth-order valence-electron chi connectivity index (χ4n) is 2.68. The van der Waals surface area contributed by atoms with Crippen molar-refractivity contribution < 1.29 is 4.74 Å². The van der Waals surface area contributed by atoms with Crippen molar-refractivity contribution in [1.29, 1.82) is 0 Å². The zero-order valence-corrected chi connectivity index (χ0v) is 13.1. The number of nitrogens with zero attached hydrogens (tertiary/aromatic N) is 1. The molecule has 0 saturated heterocycles. The van der Waals surface area contributed by atoms with Gasteiger partial charge in [0.2, 0.25) is 0 Å². The largest absolute Gasteiger partial charge is 0.383 e. The van der Waals surface area contributed by atoms with Crippen LogP contribution in [0.4, 0.5) is 0 Å². The summed E-state index contributed by atoms with van der Waals surface area (Å²) in [6.07, 6.45) is 3.64. The minimum atomic E-state index is 0.613. The zero-order chi connectivity index (χ0) is 14.0. The van der Waals surface area contributed by atoms with Gasteiger partial charge in [0.05, 0.1) is 6.61 Å².